The monoisotopic (exact) mass is 361 g/mol. The van der Waals surface area contributed by atoms with Gasteiger partial charge in [-0.1, -0.05) is 57.2 Å². The number of benzene rings is 2. The fourth-order valence-electron chi connectivity index (χ4n) is 3.35. The lowest BCUT2D eigenvalue weighted by atomic mass is 9.86. The molecule has 0 aliphatic heterocycles. The molecular formula is C23H27N3O. The summed E-state index contributed by atoms with van der Waals surface area (Å²) in [5.74, 6) is -0.0227. The largest absolute Gasteiger partial charge is 0.326 e. The Balaban J connectivity index is 1.83. The summed E-state index contributed by atoms with van der Waals surface area (Å²) < 4.78 is 1.90. The second-order valence-corrected chi connectivity index (χ2v) is 7.92. The Morgan fingerprint density at radius 2 is 1.63 bits per heavy atom. The molecule has 3 aromatic rings. The fraction of sp³-hybridized carbons (Fsp3) is 0.304. The van der Waals surface area contributed by atoms with E-state index in [2.05, 4.69) is 37.3 Å². The predicted molar refractivity (Wildman–Crippen MR) is 111 cm³/mol. The molecule has 1 heterocycles. The molecule has 0 bridgehead atoms. The number of hydrogen-bond donors (Lipinski definition) is 1. The maximum absolute atomic E-state index is 12.8. The van der Waals surface area contributed by atoms with Crippen molar-refractivity contribution in [1.82, 2.24) is 9.78 Å². The number of hydrogen-bond acceptors (Lipinski definition) is 2. The molecule has 1 N–H and O–H groups in total. The van der Waals surface area contributed by atoms with Gasteiger partial charge in [-0.15, -0.1) is 0 Å². The minimum atomic E-state index is -0.0338. The van der Waals surface area contributed by atoms with Gasteiger partial charge >= 0.3 is 0 Å². The van der Waals surface area contributed by atoms with Gasteiger partial charge in [-0.25, -0.2) is 4.68 Å². The Kier molecular flexibility index (Phi) is 5.17. The molecule has 2 aromatic carbocycles. The number of aryl methyl sites for hydroxylation is 1. The van der Waals surface area contributed by atoms with Crippen LogP contribution in [0.25, 0.3) is 5.69 Å². The SMILES string of the molecule is Cc1nn(-c2ccccc2)c(C)c1CC(=O)Nc1ccccc1C(C)(C)C. The summed E-state index contributed by atoms with van der Waals surface area (Å²) in [6.07, 6.45) is 0.309. The highest BCUT2D eigenvalue weighted by molar-refractivity contribution is 5.93. The molecule has 1 amide bonds. The fourth-order valence-corrected chi connectivity index (χ4v) is 3.35. The van der Waals surface area contributed by atoms with Crippen molar-refractivity contribution in [3.05, 3.63) is 77.1 Å². The molecule has 0 unspecified atom stereocenters. The van der Waals surface area contributed by atoms with Gasteiger partial charge in [0.1, 0.15) is 0 Å². The smallest absolute Gasteiger partial charge is 0.228 e. The molecule has 4 heteroatoms. The van der Waals surface area contributed by atoms with E-state index in [9.17, 15) is 4.79 Å². The summed E-state index contributed by atoms with van der Waals surface area (Å²) >= 11 is 0. The molecule has 0 atom stereocenters. The van der Waals surface area contributed by atoms with E-state index >= 15 is 0 Å². The van der Waals surface area contributed by atoms with Gasteiger partial charge in [-0.05, 0) is 43.0 Å². The van der Waals surface area contributed by atoms with Crippen LogP contribution < -0.4 is 5.32 Å². The lowest BCUT2D eigenvalue weighted by molar-refractivity contribution is -0.115. The maximum Gasteiger partial charge on any atom is 0.228 e. The van der Waals surface area contributed by atoms with Crippen molar-refractivity contribution in [3.63, 3.8) is 0 Å². The molecule has 3 rings (SSSR count). The second-order valence-electron chi connectivity index (χ2n) is 7.92. The van der Waals surface area contributed by atoms with Crippen molar-refractivity contribution < 1.29 is 4.79 Å². The normalized spacial score (nSPS) is 11.4. The van der Waals surface area contributed by atoms with Crippen LogP contribution in [0.4, 0.5) is 5.69 Å². The number of nitrogens with one attached hydrogen (secondary N) is 1. The summed E-state index contributed by atoms with van der Waals surface area (Å²) in [5, 5.41) is 7.73. The average Bonchev–Trinajstić information content (AvgIpc) is 2.90. The van der Waals surface area contributed by atoms with Gasteiger partial charge in [-0.2, -0.15) is 5.10 Å². The Labute approximate surface area is 161 Å². The number of anilines is 1. The number of para-hydroxylation sites is 2. The third kappa shape index (κ3) is 4.11. The van der Waals surface area contributed by atoms with Gasteiger partial charge in [0.2, 0.25) is 5.91 Å². The average molecular weight is 361 g/mol. The van der Waals surface area contributed by atoms with Crippen molar-refractivity contribution in [2.24, 2.45) is 0 Å². The first-order valence-corrected chi connectivity index (χ1v) is 9.27. The molecule has 0 saturated carbocycles. The van der Waals surface area contributed by atoms with Crippen LogP contribution in [0.5, 0.6) is 0 Å². The zero-order valence-corrected chi connectivity index (χ0v) is 16.7. The highest BCUT2D eigenvalue weighted by atomic mass is 16.1. The van der Waals surface area contributed by atoms with E-state index in [4.69, 9.17) is 0 Å². The molecule has 140 valence electrons. The van der Waals surface area contributed by atoms with Crippen LogP contribution in [0.1, 0.15) is 43.3 Å². The van der Waals surface area contributed by atoms with Crippen LogP contribution in [-0.2, 0) is 16.6 Å². The lowest BCUT2D eigenvalue weighted by Gasteiger charge is -2.23. The third-order valence-electron chi connectivity index (χ3n) is 4.79. The molecular weight excluding hydrogens is 334 g/mol. The van der Waals surface area contributed by atoms with Crippen molar-refractivity contribution >= 4 is 11.6 Å². The minimum absolute atomic E-state index is 0.0227. The van der Waals surface area contributed by atoms with Crippen LogP contribution in [-0.4, -0.2) is 15.7 Å². The van der Waals surface area contributed by atoms with E-state index < -0.39 is 0 Å². The zero-order valence-electron chi connectivity index (χ0n) is 16.7. The summed E-state index contributed by atoms with van der Waals surface area (Å²) in [4.78, 5) is 12.8. The topological polar surface area (TPSA) is 46.9 Å². The number of nitrogens with zero attached hydrogens (tertiary/aromatic N) is 2. The first-order chi connectivity index (χ1) is 12.8. The van der Waals surface area contributed by atoms with Crippen molar-refractivity contribution in [2.45, 2.75) is 46.5 Å². The Morgan fingerprint density at radius 1 is 1.00 bits per heavy atom. The maximum atomic E-state index is 12.8. The first-order valence-electron chi connectivity index (χ1n) is 9.27. The summed E-state index contributed by atoms with van der Waals surface area (Å²) in [6.45, 7) is 10.4. The summed E-state index contributed by atoms with van der Waals surface area (Å²) in [7, 11) is 0. The molecule has 0 spiro atoms. The van der Waals surface area contributed by atoms with E-state index in [1.165, 1.54) is 0 Å². The highest BCUT2D eigenvalue weighted by Crippen LogP contribution is 2.29. The quantitative estimate of drug-likeness (QED) is 0.713. The van der Waals surface area contributed by atoms with Gasteiger partial charge in [0.15, 0.2) is 0 Å². The van der Waals surface area contributed by atoms with E-state index in [0.29, 0.717) is 6.42 Å². The van der Waals surface area contributed by atoms with E-state index in [-0.39, 0.29) is 11.3 Å². The zero-order chi connectivity index (χ0) is 19.6. The number of rotatable bonds is 4. The Hall–Kier alpha value is -2.88. The molecule has 0 fully saturated rings. The molecule has 0 radical (unpaired) electrons. The molecule has 4 nitrogen and oxygen atoms in total. The third-order valence-corrected chi connectivity index (χ3v) is 4.79. The standard InChI is InChI=1S/C23H27N3O/c1-16-19(17(2)26(25-16)18-11-7-6-8-12-18)15-22(27)24-21-14-10-9-13-20(21)23(3,4)5/h6-14H,15H2,1-5H3,(H,24,27). The summed E-state index contributed by atoms with van der Waals surface area (Å²) in [5.41, 5.74) is 5.84. The predicted octanol–water partition coefficient (Wildman–Crippen LogP) is 4.97. The van der Waals surface area contributed by atoms with Crippen LogP contribution in [0.2, 0.25) is 0 Å². The van der Waals surface area contributed by atoms with Crippen molar-refractivity contribution in [1.29, 1.82) is 0 Å². The van der Waals surface area contributed by atoms with Crippen LogP contribution in [0, 0.1) is 13.8 Å². The van der Waals surface area contributed by atoms with Crippen LogP contribution in [0.15, 0.2) is 54.6 Å². The number of amides is 1. The van der Waals surface area contributed by atoms with Crippen LogP contribution in [0.3, 0.4) is 0 Å². The molecule has 0 saturated heterocycles. The van der Waals surface area contributed by atoms with Gasteiger partial charge in [-0.3, -0.25) is 4.79 Å². The number of carbonyl (C=O) groups excluding carboxylic acids is 1. The Bertz CT molecular complexity index is 949. The lowest BCUT2D eigenvalue weighted by Crippen LogP contribution is -2.20. The van der Waals surface area contributed by atoms with Gasteiger partial charge < -0.3 is 5.32 Å². The van der Waals surface area contributed by atoms with E-state index in [1.807, 2.05) is 67.1 Å². The second kappa shape index (κ2) is 7.39. The molecule has 27 heavy (non-hydrogen) atoms. The molecule has 1 aromatic heterocycles. The first kappa shape index (κ1) is 18.9. The highest BCUT2D eigenvalue weighted by Gasteiger charge is 2.20. The van der Waals surface area contributed by atoms with Crippen molar-refractivity contribution in [2.75, 3.05) is 5.32 Å². The van der Waals surface area contributed by atoms with Gasteiger partial charge in [0, 0.05) is 16.9 Å². The van der Waals surface area contributed by atoms with Gasteiger partial charge in [0.05, 0.1) is 17.8 Å². The number of carbonyl (C=O) groups is 1. The Morgan fingerprint density at radius 3 is 2.30 bits per heavy atom. The van der Waals surface area contributed by atoms with E-state index in [1.54, 1.807) is 0 Å². The molecule has 0 aliphatic carbocycles. The van der Waals surface area contributed by atoms with E-state index in [0.717, 1.165) is 33.9 Å². The van der Waals surface area contributed by atoms with Crippen LogP contribution >= 0.6 is 0 Å². The van der Waals surface area contributed by atoms with Crippen molar-refractivity contribution in [3.8, 4) is 5.69 Å². The molecule has 0 aliphatic rings. The number of aromatic nitrogens is 2. The minimum Gasteiger partial charge on any atom is -0.326 e. The summed E-state index contributed by atoms with van der Waals surface area (Å²) in [6, 6.07) is 18.0. The van der Waals surface area contributed by atoms with Gasteiger partial charge in [0.25, 0.3) is 0 Å².